The number of hydrogen-bond donors (Lipinski definition) is 0. The minimum atomic E-state index is -3.60. The molecule has 0 bridgehead atoms. The van der Waals surface area contributed by atoms with Crippen LogP contribution in [0.4, 0.5) is 0 Å². The molecule has 0 aliphatic carbocycles. The molecule has 0 N–H and O–H groups in total. The van der Waals surface area contributed by atoms with Crippen LogP contribution in [0.5, 0.6) is 0 Å². The van der Waals surface area contributed by atoms with Gasteiger partial charge in [0.1, 0.15) is 10.0 Å². The first kappa shape index (κ1) is 18.4. The van der Waals surface area contributed by atoms with Gasteiger partial charge < -0.3 is 4.90 Å². The van der Waals surface area contributed by atoms with Crippen molar-refractivity contribution in [3.05, 3.63) is 46.7 Å². The first-order chi connectivity index (χ1) is 11.9. The van der Waals surface area contributed by atoms with Crippen molar-refractivity contribution in [1.29, 1.82) is 0 Å². The van der Waals surface area contributed by atoms with Crippen LogP contribution in [0.1, 0.15) is 11.3 Å². The third-order valence-corrected chi connectivity index (χ3v) is 7.18. The maximum atomic E-state index is 12.9. The first-order valence-electron chi connectivity index (χ1n) is 8.35. The van der Waals surface area contributed by atoms with Crippen molar-refractivity contribution < 1.29 is 8.42 Å². The Bertz CT molecular complexity index is 828. The summed E-state index contributed by atoms with van der Waals surface area (Å²) in [6.45, 7) is 5.01. The van der Waals surface area contributed by atoms with Gasteiger partial charge in [0.25, 0.3) is 0 Å². The molecule has 8 heteroatoms. The van der Waals surface area contributed by atoms with Crippen LogP contribution in [0.2, 0.25) is 5.15 Å². The van der Waals surface area contributed by atoms with Gasteiger partial charge in [-0.25, -0.2) is 8.42 Å². The number of nitrogens with zero attached hydrogens (tertiary/aromatic N) is 4. The van der Waals surface area contributed by atoms with Crippen LogP contribution in [0.15, 0.2) is 35.2 Å². The van der Waals surface area contributed by atoms with Crippen molar-refractivity contribution in [3.63, 3.8) is 0 Å². The number of piperazine rings is 1. The molecular formula is C17H23ClN4O2S. The van der Waals surface area contributed by atoms with Gasteiger partial charge in [0.2, 0.25) is 10.0 Å². The molecule has 25 heavy (non-hydrogen) atoms. The van der Waals surface area contributed by atoms with Gasteiger partial charge in [-0.05, 0) is 18.9 Å². The average molecular weight is 383 g/mol. The molecule has 1 aliphatic rings. The lowest BCUT2D eigenvalue weighted by Gasteiger charge is -2.33. The Labute approximate surface area is 154 Å². The summed E-state index contributed by atoms with van der Waals surface area (Å²) in [7, 11) is -1.95. The van der Waals surface area contributed by atoms with Crippen molar-refractivity contribution >= 4 is 21.6 Å². The lowest BCUT2D eigenvalue weighted by Crippen LogP contribution is -2.49. The fourth-order valence-electron chi connectivity index (χ4n) is 3.16. The Balaban J connectivity index is 1.62. The molecule has 0 unspecified atom stereocenters. The number of sulfonamides is 1. The van der Waals surface area contributed by atoms with Gasteiger partial charge in [-0.15, -0.1) is 0 Å². The van der Waals surface area contributed by atoms with Gasteiger partial charge in [-0.3, -0.25) is 4.68 Å². The van der Waals surface area contributed by atoms with E-state index in [0.717, 1.165) is 26.1 Å². The molecule has 0 saturated carbocycles. The fraction of sp³-hybridized carbons (Fsp3) is 0.471. The summed E-state index contributed by atoms with van der Waals surface area (Å²) in [4.78, 5) is 2.44. The predicted octanol–water partition coefficient (Wildman–Crippen LogP) is 1.93. The summed E-state index contributed by atoms with van der Waals surface area (Å²) in [5, 5.41) is 4.29. The molecule has 1 aromatic heterocycles. The van der Waals surface area contributed by atoms with E-state index in [1.165, 1.54) is 14.6 Å². The molecule has 0 amide bonds. The van der Waals surface area contributed by atoms with Gasteiger partial charge in [0, 0.05) is 39.8 Å². The largest absolute Gasteiger partial charge is 0.300 e. The summed E-state index contributed by atoms with van der Waals surface area (Å²) in [6, 6.07) is 10.3. The molecule has 1 aromatic carbocycles. The number of rotatable bonds is 5. The van der Waals surface area contributed by atoms with Crippen LogP contribution in [0, 0.1) is 6.92 Å². The quantitative estimate of drug-likeness (QED) is 0.792. The van der Waals surface area contributed by atoms with Crippen molar-refractivity contribution in [3.8, 4) is 0 Å². The topological polar surface area (TPSA) is 58.4 Å². The van der Waals surface area contributed by atoms with E-state index < -0.39 is 10.0 Å². The zero-order chi connectivity index (χ0) is 18.0. The highest BCUT2D eigenvalue weighted by Crippen LogP contribution is 2.27. The molecule has 0 spiro atoms. The third-order valence-electron chi connectivity index (χ3n) is 4.59. The Morgan fingerprint density at radius 2 is 1.76 bits per heavy atom. The van der Waals surface area contributed by atoms with E-state index in [-0.39, 0.29) is 10.0 Å². The SMILES string of the molecule is Cc1nn(C)c(Cl)c1S(=O)(=O)N1CCN(CCc2ccccc2)CC1. The first-order valence-corrected chi connectivity index (χ1v) is 10.2. The van der Waals surface area contributed by atoms with Crippen molar-refractivity contribution in [2.75, 3.05) is 32.7 Å². The minimum Gasteiger partial charge on any atom is -0.300 e. The standard InChI is InChI=1S/C17H23ClN4O2S/c1-14-16(17(18)20(2)19-14)25(23,24)22-12-10-21(11-13-22)9-8-15-6-4-3-5-7-15/h3-7H,8-13H2,1-2H3. The highest BCUT2D eigenvalue weighted by atomic mass is 35.5. The Morgan fingerprint density at radius 3 is 2.32 bits per heavy atom. The highest BCUT2D eigenvalue weighted by Gasteiger charge is 2.33. The summed E-state index contributed by atoms with van der Waals surface area (Å²) in [5.74, 6) is 0. The third kappa shape index (κ3) is 3.89. The van der Waals surface area contributed by atoms with Gasteiger partial charge in [0.05, 0.1) is 5.69 Å². The Kier molecular flexibility index (Phi) is 5.48. The van der Waals surface area contributed by atoms with Gasteiger partial charge in [-0.1, -0.05) is 41.9 Å². The van der Waals surface area contributed by atoms with E-state index in [2.05, 4.69) is 22.1 Å². The highest BCUT2D eigenvalue weighted by molar-refractivity contribution is 7.89. The molecule has 0 radical (unpaired) electrons. The normalized spacial score (nSPS) is 17.1. The van der Waals surface area contributed by atoms with Crippen LogP contribution < -0.4 is 0 Å². The zero-order valence-corrected chi connectivity index (χ0v) is 16.1. The molecule has 1 saturated heterocycles. The van der Waals surface area contributed by atoms with Crippen LogP contribution in [-0.2, 0) is 23.5 Å². The summed E-state index contributed by atoms with van der Waals surface area (Å²) >= 11 is 6.15. The number of aromatic nitrogens is 2. The Hall–Kier alpha value is -1.41. The molecule has 3 rings (SSSR count). The Morgan fingerprint density at radius 1 is 1.12 bits per heavy atom. The second-order valence-corrected chi connectivity index (χ2v) is 8.54. The molecule has 6 nitrogen and oxygen atoms in total. The fourth-order valence-corrected chi connectivity index (χ4v) is 5.29. The summed E-state index contributed by atoms with van der Waals surface area (Å²) < 4.78 is 28.7. The van der Waals surface area contributed by atoms with Gasteiger partial charge >= 0.3 is 0 Å². The number of aryl methyl sites for hydroxylation is 2. The van der Waals surface area contributed by atoms with E-state index in [1.807, 2.05) is 18.2 Å². The summed E-state index contributed by atoms with van der Waals surface area (Å²) in [6.07, 6.45) is 0.973. The molecular weight excluding hydrogens is 360 g/mol. The lowest BCUT2D eigenvalue weighted by atomic mass is 10.1. The second kappa shape index (κ2) is 7.45. The maximum absolute atomic E-state index is 12.9. The minimum absolute atomic E-state index is 0.134. The maximum Gasteiger partial charge on any atom is 0.248 e. The van der Waals surface area contributed by atoms with Crippen LogP contribution in [0.3, 0.4) is 0 Å². The number of halogens is 1. The molecule has 136 valence electrons. The molecule has 1 fully saturated rings. The molecule has 0 atom stereocenters. The van der Waals surface area contributed by atoms with Crippen LogP contribution in [0.25, 0.3) is 0 Å². The van der Waals surface area contributed by atoms with E-state index in [0.29, 0.717) is 18.8 Å². The zero-order valence-electron chi connectivity index (χ0n) is 14.5. The lowest BCUT2D eigenvalue weighted by molar-refractivity contribution is 0.190. The van der Waals surface area contributed by atoms with Gasteiger partial charge in [0.15, 0.2) is 0 Å². The van der Waals surface area contributed by atoms with Crippen LogP contribution >= 0.6 is 11.6 Å². The summed E-state index contributed by atoms with van der Waals surface area (Å²) in [5.41, 5.74) is 1.74. The van der Waals surface area contributed by atoms with Gasteiger partial charge in [-0.2, -0.15) is 9.40 Å². The van der Waals surface area contributed by atoms with Crippen molar-refractivity contribution in [2.24, 2.45) is 7.05 Å². The number of hydrogen-bond acceptors (Lipinski definition) is 4. The monoisotopic (exact) mass is 382 g/mol. The predicted molar refractivity (Wildman–Crippen MR) is 98.3 cm³/mol. The molecule has 2 aromatic rings. The average Bonchev–Trinajstić information content (AvgIpc) is 2.87. The van der Waals surface area contributed by atoms with E-state index in [9.17, 15) is 8.42 Å². The van der Waals surface area contributed by atoms with E-state index in [1.54, 1.807) is 14.0 Å². The van der Waals surface area contributed by atoms with Crippen LogP contribution in [-0.4, -0.2) is 60.1 Å². The van der Waals surface area contributed by atoms with Crippen molar-refractivity contribution in [2.45, 2.75) is 18.2 Å². The van der Waals surface area contributed by atoms with E-state index in [4.69, 9.17) is 11.6 Å². The smallest absolute Gasteiger partial charge is 0.248 e. The van der Waals surface area contributed by atoms with Crippen molar-refractivity contribution in [1.82, 2.24) is 19.0 Å². The molecule has 2 heterocycles. The number of benzene rings is 1. The second-order valence-electron chi connectivity index (χ2n) is 6.31. The van der Waals surface area contributed by atoms with E-state index >= 15 is 0 Å². The molecule has 1 aliphatic heterocycles.